The number of rotatable bonds is 3. The number of piperidine rings is 1. The molecule has 0 saturated carbocycles. The highest BCUT2D eigenvalue weighted by Crippen LogP contribution is 2.26. The van der Waals surface area contributed by atoms with E-state index < -0.39 is 5.60 Å². The highest BCUT2D eigenvalue weighted by atomic mass is 16.5. The van der Waals surface area contributed by atoms with Crippen LogP contribution in [0.5, 0.6) is 5.75 Å². The molecule has 4 nitrogen and oxygen atoms in total. The van der Waals surface area contributed by atoms with Crippen LogP contribution in [0.4, 0.5) is 0 Å². The summed E-state index contributed by atoms with van der Waals surface area (Å²) in [5.41, 5.74) is 1.31. The van der Waals surface area contributed by atoms with Gasteiger partial charge < -0.3 is 14.9 Å². The summed E-state index contributed by atoms with van der Waals surface area (Å²) in [5.74, 6) is 6.40. The summed E-state index contributed by atoms with van der Waals surface area (Å²) in [6, 6.07) is 5.78. The van der Waals surface area contributed by atoms with E-state index >= 15 is 0 Å². The predicted molar refractivity (Wildman–Crippen MR) is 82.1 cm³/mol. The summed E-state index contributed by atoms with van der Waals surface area (Å²) < 4.78 is 5.41. The smallest absolute Gasteiger partial charge is 0.123 e. The number of hydrogen-bond acceptors (Lipinski definition) is 4. The molecular formula is C17H23NO3. The lowest BCUT2D eigenvalue weighted by atomic mass is 9.94. The highest BCUT2D eigenvalue weighted by Gasteiger charge is 2.28. The minimum atomic E-state index is -0.611. The monoisotopic (exact) mass is 289 g/mol. The molecule has 2 N–H and O–H groups in total. The standard InChI is InChI=1S/C17H23NO3/c1-17(20)8-4-9-18(13-17)12-15-11-14(5-3-10-19)6-7-16(15)21-2/h6-7,11,19-20H,4,8-10,12-13H2,1-2H3. The molecule has 0 bridgehead atoms. The zero-order chi connectivity index (χ0) is 15.3. The van der Waals surface area contributed by atoms with Crippen molar-refractivity contribution in [3.8, 4) is 17.6 Å². The topological polar surface area (TPSA) is 52.9 Å². The molecule has 2 rings (SSSR count). The molecule has 1 unspecified atom stereocenters. The molecule has 1 aliphatic heterocycles. The quantitative estimate of drug-likeness (QED) is 0.826. The summed E-state index contributed by atoms with van der Waals surface area (Å²) in [4.78, 5) is 2.24. The van der Waals surface area contributed by atoms with Crippen molar-refractivity contribution in [2.24, 2.45) is 0 Å². The number of aliphatic hydroxyl groups is 2. The number of likely N-dealkylation sites (tertiary alicyclic amines) is 1. The number of benzene rings is 1. The van der Waals surface area contributed by atoms with Crippen LogP contribution in [0.3, 0.4) is 0 Å². The van der Waals surface area contributed by atoms with E-state index in [-0.39, 0.29) is 6.61 Å². The summed E-state index contributed by atoms with van der Waals surface area (Å²) in [6.45, 7) is 4.12. The molecule has 1 heterocycles. The Hall–Kier alpha value is -1.54. The average molecular weight is 289 g/mol. The Morgan fingerprint density at radius 1 is 1.43 bits per heavy atom. The van der Waals surface area contributed by atoms with Gasteiger partial charge in [-0.25, -0.2) is 0 Å². The van der Waals surface area contributed by atoms with Gasteiger partial charge in [0.05, 0.1) is 12.7 Å². The molecule has 4 heteroatoms. The van der Waals surface area contributed by atoms with E-state index in [9.17, 15) is 5.11 Å². The molecule has 0 aromatic heterocycles. The van der Waals surface area contributed by atoms with Crippen LogP contribution in [0.25, 0.3) is 0 Å². The maximum absolute atomic E-state index is 10.2. The van der Waals surface area contributed by atoms with Crippen LogP contribution in [0, 0.1) is 11.8 Å². The van der Waals surface area contributed by atoms with Gasteiger partial charge in [0.25, 0.3) is 0 Å². The van der Waals surface area contributed by atoms with Crippen molar-refractivity contribution >= 4 is 0 Å². The molecule has 0 spiro atoms. The molecule has 1 aliphatic rings. The summed E-state index contributed by atoms with van der Waals surface area (Å²) in [5, 5.41) is 19.0. The second-order valence-electron chi connectivity index (χ2n) is 5.80. The second-order valence-corrected chi connectivity index (χ2v) is 5.80. The Morgan fingerprint density at radius 3 is 2.90 bits per heavy atom. The van der Waals surface area contributed by atoms with Crippen LogP contribution < -0.4 is 4.74 Å². The third-order valence-electron chi connectivity index (χ3n) is 3.74. The Bertz CT molecular complexity index is 543. The lowest BCUT2D eigenvalue weighted by Crippen LogP contribution is -2.45. The van der Waals surface area contributed by atoms with Crippen molar-refractivity contribution < 1.29 is 14.9 Å². The van der Waals surface area contributed by atoms with Gasteiger partial charge in [0, 0.05) is 24.2 Å². The van der Waals surface area contributed by atoms with Crippen LogP contribution in [-0.4, -0.2) is 47.5 Å². The van der Waals surface area contributed by atoms with Gasteiger partial charge in [-0.1, -0.05) is 11.8 Å². The summed E-state index contributed by atoms with van der Waals surface area (Å²) in [7, 11) is 1.66. The third kappa shape index (κ3) is 4.47. The minimum absolute atomic E-state index is 0.143. The maximum Gasteiger partial charge on any atom is 0.123 e. The number of β-amino-alcohol motifs (C(OH)–C–C–N with tert-alkyl or cyclic N) is 1. The van der Waals surface area contributed by atoms with Crippen molar-refractivity contribution in [3.63, 3.8) is 0 Å². The van der Waals surface area contributed by atoms with Gasteiger partial charge in [0.15, 0.2) is 0 Å². The highest BCUT2D eigenvalue weighted by molar-refractivity contribution is 5.44. The van der Waals surface area contributed by atoms with Crippen LogP contribution in [0.2, 0.25) is 0 Å². The van der Waals surface area contributed by atoms with Gasteiger partial charge in [0.2, 0.25) is 0 Å². The molecule has 1 aromatic rings. The van der Waals surface area contributed by atoms with E-state index in [0.29, 0.717) is 6.54 Å². The molecule has 1 fully saturated rings. The molecule has 1 atom stereocenters. The fourth-order valence-corrected chi connectivity index (χ4v) is 2.82. The first-order chi connectivity index (χ1) is 10.0. The fraction of sp³-hybridized carbons (Fsp3) is 0.529. The van der Waals surface area contributed by atoms with Crippen molar-refractivity contribution in [2.45, 2.75) is 31.9 Å². The van der Waals surface area contributed by atoms with E-state index in [1.54, 1.807) is 7.11 Å². The Morgan fingerprint density at radius 2 is 2.24 bits per heavy atom. The molecule has 0 aliphatic carbocycles. The van der Waals surface area contributed by atoms with Gasteiger partial charge >= 0.3 is 0 Å². The molecule has 0 amide bonds. The predicted octanol–water partition coefficient (Wildman–Crippen LogP) is 1.39. The zero-order valence-corrected chi connectivity index (χ0v) is 12.7. The van der Waals surface area contributed by atoms with E-state index in [0.717, 1.165) is 42.8 Å². The Balaban J connectivity index is 2.17. The lowest BCUT2D eigenvalue weighted by Gasteiger charge is -2.37. The zero-order valence-electron chi connectivity index (χ0n) is 12.7. The van der Waals surface area contributed by atoms with Crippen LogP contribution in [-0.2, 0) is 6.54 Å². The second kappa shape index (κ2) is 6.95. The number of nitrogens with zero attached hydrogens (tertiary/aromatic N) is 1. The van der Waals surface area contributed by atoms with E-state index in [1.807, 2.05) is 25.1 Å². The first-order valence-electron chi connectivity index (χ1n) is 7.25. The Kier molecular flexibility index (Phi) is 5.24. The van der Waals surface area contributed by atoms with Crippen LogP contribution in [0.15, 0.2) is 18.2 Å². The number of hydrogen-bond donors (Lipinski definition) is 2. The molecular weight excluding hydrogens is 266 g/mol. The molecule has 21 heavy (non-hydrogen) atoms. The summed E-state index contributed by atoms with van der Waals surface area (Å²) >= 11 is 0. The maximum atomic E-state index is 10.2. The van der Waals surface area contributed by atoms with Crippen molar-refractivity contribution in [3.05, 3.63) is 29.3 Å². The largest absolute Gasteiger partial charge is 0.496 e. The van der Waals surface area contributed by atoms with Gasteiger partial charge in [-0.15, -0.1) is 0 Å². The minimum Gasteiger partial charge on any atom is -0.496 e. The SMILES string of the molecule is COc1ccc(C#CCO)cc1CN1CCCC(C)(O)C1. The van der Waals surface area contributed by atoms with Gasteiger partial charge in [-0.3, -0.25) is 4.90 Å². The number of ether oxygens (including phenoxy) is 1. The third-order valence-corrected chi connectivity index (χ3v) is 3.74. The van der Waals surface area contributed by atoms with Gasteiger partial charge in [-0.05, 0) is 44.5 Å². The first kappa shape index (κ1) is 15.8. The molecule has 0 radical (unpaired) electrons. The first-order valence-corrected chi connectivity index (χ1v) is 7.25. The van der Waals surface area contributed by atoms with E-state index in [1.165, 1.54) is 0 Å². The van der Waals surface area contributed by atoms with Gasteiger partial charge in [0.1, 0.15) is 12.4 Å². The normalized spacial score (nSPS) is 22.5. The van der Waals surface area contributed by atoms with Crippen LogP contribution in [0.1, 0.15) is 30.9 Å². The average Bonchev–Trinajstić information content (AvgIpc) is 2.44. The number of aliphatic hydroxyl groups excluding tert-OH is 1. The Labute approximate surface area is 126 Å². The molecule has 1 saturated heterocycles. The molecule has 114 valence electrons. The van der Waals surface area contributed by atoms with Crippen molar-refractivity contribution in [2.75, 3.05) is 26.8 Å². The van der Waals surface area contributed by atoms with Crippen molar-refractivity contribution in [1.82, 2.24) is 4.90 Å². The number of methoxy groups -OCH3 is 1. The van der Waals surface area contributed by atoms with E-state index in [2.05, 4.69) is 16.7 Å². The van der Waals surface area contributed by atoms with Crippen molar-refractivity contribution in [1.29, 1.82) is 0 Å². The summed E-state index contributed by atoms with van der Waals surface area (Å²) in [6.07, 6.45) is 1.85. The van der Waals surface area contributed by atoms with E-state index in [4.69, 9.17) is 9.84 Å². The lowest BCUT2D eigenvalue weighted by molar-refractivity contribution is -0.0183. The fourth-order valence-electron chi connectivity index (χ4n) is 2.82. The molecule has 1 aromatic carbocycles. The van der Waals surface area contributed by atoms with Crippen LogP contribution >= 0.6 is 0 Å². The van der Waals surface area contributed by atoms with Gasteiger partial charge in [-0.2, -0.15) is 0 Å².